The summed E-state index contributed by atoms with van der Waals surface area (Å²) in [6, 6.07) is 6.62. The highest BCUT2D eigenvalue weighted by atomic mass is 16.3. The van der Waals surface area contributed by atoms with Gasteiger partial charge in [-0.2, -0.15) is 5.10 Å². The number of aryl methyl sites for hydroxylation is 1. The van der Waals surface area contributed by atoms with Crippen LogP contribution in [0.1, 0.15) is 12.5 Å². The summed E-state index contributed by atoms with van der Waals surface area (Å²) < 4.78 is 3.56. The number of carbonyl (C=O) groups excluding carboxylic acids is 1. The van der Waals surface area contributed by atoms with Crippen molar-refractivity contribution in [3.63, 3.8) is 0 Å². The minimum absolute atomic E-state index is 0.0537. The number of fused-ring (bicyclic) bond motifs is 1. The van der Waals surface area contributed by atoms with Gasteiger partial charge in [-0.15, -0.1) is 0 Å². The number of imidazole rings is 1. The van der Waals surface area contributed by atoms with Gasteiger partial charge in [0.1, 0.15) is 12.3 Å². The zero-order chi connectivity index (χ0) is 19.7. The number of carbonyl (C=O) groups is 1. The number of aromatic hydroxyl groups is 1. The molecule has 2 N–H and O–H groups in total. The second-order valence-corrected chi connectivity index (χ2v) is 6.00. The minimum atomic E-state index is -0.535. The number of benzene rings is 1. The number of amides is 1. The number of nitrogens with one attached hydrogen (secondary N) is 1. The molecule has 0 spiro atoms. The second-order valence-electron chi connectivity index (χ2n) is 6.00. The lowest BCUT2D eigenvalue weighted by Gasteiger charge is -2.07. The quantitative estimate of drug-likeness (QED) is 0.481. The Bertz CT molecular complexity index is 1180. The molecular formula is C17H18N6O4. The third kappa shape index (κ3) is 3.24. The summed E-state index contributed by atoms with van der Waals surface area (Å²) >= 11 is 0. The van der Waals surface area contributed by atoms with Crippen LogP contribution in [0.15, 0.2) is 45.3 Å². The van der Waals surface area contributed by atoms with Crippen molar-refractivity contribution in [3.05, 3.63) is 57.0 Å². The predicted octanol–water partition coefficient (Wildman–Crippen LogP) is -0.320. The summed E-state index contributed by atoms with van der Waals surface area (Å²) in [5.41, 5.74) is 2.62. The summed E-state index contributed by atoms with van der Waals surface area (Å²) in [6.07, 6.45) is 1.32. The van der Waals surface area contributed by atoms with Crippen molar-refractivity contribution >= 4 is 22.8 Å². The molecule has 10 heteroatoms. The van der Waals surface area contributed by atoms with Crippen molar-refractivity contribution in [1.29, 1.82) is 0 Å². The lowest BCUT2D eigenvalue weighted by atomic mass is 10.1. The summed E-state index contributed by atoms with van der Waals surface area (Å²) in [5.74, 6) is -0.432. The lowest BCUT2D eigenvalue weighted by molar-refractivity contribution is -0.121. The SMILES string of the molecule is C/C(=N\NC(=O)Cn1cnc2c1c(=O)n(C)c(=O)n2C)c1ccccc1O. The topological polar surface area (TPSA) is 124 Å². The lowest BCUT2D eigenvalue weighted by Crippen LogP contribution is -2.38. The van der Waals surface area contributed by atoms with Crippen LogP contribution in [0.4, 0.5) is 0 Å². The number of para-hydroxylation sites is 1. The van der Waals surface area contributed by atoms with E-state index in [9.17, 15) is 19.5 Å². The maximum atomic E-state index is 12.4. The van der Waals surface area contributed by atoms with E-state index in [4.69, 9.17) is 0 Å². The van der Waals surface area contributed by atoms with Crippen LogP contribution in [0.2, 0.25) is 0 Å². The number of hydrogen-bond acceptors (Lipinski definition) is 6. The van der Waals surface area contributed by atoms with E-state index in [1.165, 1.54) is 35.6 Å². The molecule has 0 fully saturated rings. The van der Waals surface area contributed by atoms with E-state index in [-0.39, 0.29) is 23.5 Å². The molecule has 0 bridgehead atoms. The fourth-order valence-corrected chi connectivity index (χ4v) is 2.69. The molecule has 0 radical (unpaired) electrons. The highest BCUT2D eigenvalue weighted by Gasteiger charge is 2.16. The molecule has 2 heterocycles. The van der Waals surface area contributed by atoms with Crippen molar-refractivity contribution in [2.24, 2.45) is 19.2 Å². The second kappa shape index (κ2) is 6.90. The van der Waals surface area contributed by atoms with E-state index in [1.54, 1.807) is 25.1 Å². The third-order valence-electron chi connectivity index (χ3n) is 4.17. The van der Waals surface area contributed by atoms with Crippen molar-refractivity contribution in [3.8, 4) is 5.75 Å². The van der Waals surface area contributed by atoms with Crippen LogP contribution < -0.4 is 16.7 Å². The van der Waals surface area contributed by atoms with Crippen molar-refractivity contribution in [1.82, 2.24) is 24.1 Å². The molecule has 0 atom stereocenters. The monoisotopic (exact) mass is 370 g/mol. The molecule has 0 unspecified atom stereocenters. The van der Waals surface area contributed by atoms with Gasteiger partial charge >= 0.3 is 5.69 Å². The van der Waals surface area contributed by atoms with Gasteiger partial charge in [0.05, 0.1) is 12.0 Å². The Hall–Kier alpha value is -3.69. The van der Waals surface area contributed by atoms with Crippen molar-refractivity contribution in [2.45, 2.75) is 13.5 Å². The van der Waals surface area contributed by atoms with Gasteiger partial charge in [-0.1, -0.05) is 12.1 Å². The smallest absolute Gasteiger partial charge is 0.332 e. The van der Waals surface area contributed by atoms with E-state index in [0.29, 0.717) is 11.3 Å². The number of hydrogen-bond donors (Lipinski definition) is 2. The van der Waals surface area contributed by atoms with E-state index in [2.05, 4.69) is 15.5 Å². The zero-order valence-corrected chi connectivity index (χ0v) is 15.0. The fourth-order valence-electron chi connectivity index (χ4n) is 2.69. The number of rotatable bonds is 4. The zero-order valence-electron chi connectivity index (χ0n) is 15.0. The van der Waals surface area contributed by atoms with E-state index < -0.39 is 17.2 Å². The molecule has 0 aliphatic rings. The largest absolute Gasteiger partial charge is 0.507 e. The van der Waals surface area contributed by atoms with Crippen molar-refractivity contribution in [2.75, 3.05) is 0 Å². The molecular weight excluding hydrogens is 352 g/mol. The maximum Gasteiger partial charge on any atom is 0.332 e. The summed E-state index contributed by atoms with van der Waals surface area (Å²) in [6.45, 7) is 1.44. The van der Waals surface area contributed by atoms with Gasteiger partial charge in [-0.25, -0.2) is 15.2 Å². The Morgan fingerprint density at radius 1 is 1.22 bits per heavy atom. The summed E-state index contributed by atoms with van der Waals surface area (Å²) in [7, 11) is 2.86. The third-order valence-corrected chi connectivity index (χ3v) is 4.17. The van der Waals surface area contributed by atoms with E-state index in [0.717, 1.165) is 4.57 Å². The van der Waals surface area contributed by atoms with Gasteiger partial charge in [0.15, 0.2) is 11.2 Å². The van der Waals surface area contributed by atoms with Gasteiger partial charge in [0.25, 0.3) is 11.5 Å². The summed E-state index contributed by atoms with van der Waals surface area (Å²) in [4.78, 5) is 40.6. The van der Waals surface area contributed by atoms with Gasteiger partial charge in [-0.3, -0.25) is 18.7 Å². The Labute approximate surface area is 153 Å². The Kier molecular flexibility index (Phi) is 4.63. The first-order valence-electron chi connectivity index (χ1n) is 8.03. The average molecular weight is 370 g/mol. The van der Waals surface area contributed by atoms with Gasteiger partial charge in [-0.05, 0) is 19.1 Å². The molecule has 10 nitrogen and oxygen atoms in total. The standard InChI is InChI=1S/C17H18N6O4/c1-10(11-6-4-5-7-12(11)24)19-20-13(25)8-23-9-18-15-14(23)16(26)22(3)17(27)21(15)2/h4-7,9,24H,8H2,1-3H3,(H,20,25)/b19-10+. The van der Waals surface area contributed by atoms with Gasteiger partial charge < -0.3 is 9.67 Å². The van der Waals surface area contributed by atoms with Crippen LogP contribution in [-0.2, 0) is 25.4 Å². The number of phenols is 1. The Morgan fingerprint density at radius 2 is 1.93 bits per heavy atom. The van der Waals surface area contributed by atoms with Crippen LogP contribution in [0.5, 0.6) is 5.75 Å². The average Bonchev–Trinajstić information content (AvgIpc) is 3.06. The van der Waals surface area contributed by atoms with Crippen LogP contribution in [-0.4, -0.2) is 35.4 Å². The first-order chi connectivity index (χ1) is 12.8. The minimum Gasteiger partial charge on any atom is -0.507 e. The van der Waals surface area contributed by atoms with Crippen LogP contribution in [0.3, 0.4) is 0 Å². The highest BCUT2D eigenvalue weighted by molar-refractivity contribution is 6.01. The first-order valence-corrected chi connectivity index (χ1v) is 8.03. The molecule has 1 amide bonds. The van der Waals surface area contributed by atoms with Crippen molar-refractivity contribution < 1.29 is 9.90 Å². The molecule has 0 aliphatic carbocycles. The molecule has 1 aromatic carbocycles. The molecule has 0 saturated heterocycles. The molecule has 140 valence electrons. The van der Waals surface area contributed by atoms with Crippen LogP contribution in [0, 0.1) is 0 Å². The number of hydrazone groups is 1. The molecule has 2 aromatic heterocycles. The van der Waals surface area contributed by atoms with Gasteiger partial charge in [0.2, 0.25) is 0 Å². The number of aromatic nitrogens is 4. The maximum absolute atomic E-state index is 12.4. The molecule has 27 heavy (non-hydrogen) atoms. The molecule has 0 saturated carbocycles. The predicted molar refractivity (Wildman–Crippen MR) is 98.7 cm³/mol. The normalized spacial score (nSPS) is 11.7. The molecule has 3 aromatic rings. The summed E-state index contributed by atoms with van der Waals surface area (Å²) in [5, 5.41) is 13.8. The van der Waals surface area contributed by atoms with Gasteiger partial charge in [0, 0.05) is 19.7 Å². The highest BCUT2D eigenvalue weighted by Crippen LogP contribution is 2.16. The molecule has 3 rings (SSSR count). The van der Waals surface area contributed by atoms with Crippen LogP contribution in [0.25, 0.3) is 11.2 Å². The Morgan fingerprint density at radius 3 is 2.63 bits per heavy atom. The number of nitrogens with zero attached hydrogens (tertiary/aromatic N) is 5. The fraction of sp³-hybridized carbons (Fsp3) is 0.235. The van der Waals surface area contributed by atoms with Crippen LogP contribution >= 0.6 is 0 Å². The van der Waals surface area contributed by atoms with E-state index >= 15 is 0 Å². The molecule has 0 aliphatic heterocycles. The first kappa shape index (κ1) is 18.1. The number of phenolic OH excluding ortho intramolecular Hbond substituents is 1. The Balaban J connectivity index is 1.85. The van der Waals surface area contributed by atoms with E-state index in [1.807, 2.05) is 0 Å².